The molecule has 0 heterocycles. The summed E-state index contributed by atoms with van der Waals surface area (Å²) < 4.78 is 26.2. The molecule has 0 radical (unpaired) electrons. The highest BCUT2D eigenvalue weighted by atomic mass is 19.1. The van der Waals surface area contributed by atoms with E-state index in [1.165, 1.54) is 4.90 Å². The summed E-state index contributed by atoms with van der Waals surface area (Å²) in [6.07, 6.45) is 2.14. The molecule has 1 saturated carbocycles. The summed E-state index contributed by atoms with van der Waals surface area (Å²) in [5.74, 6) is -1.75. The molecule has 0 saturated heterocycles. The van der Waals surface area contributed by atoms with Crippen molar-refractivity contribution in [1.29, 1.82) is 0 Å². The number of rotatable bonds is 2. The number of amides is 1. The average Bonchev–Trinajstić information content (AvgIpc) is 2.37. The highest BCUT2D eigenvalue weighted by Crippen LogP contribution is 2.21. The molecule has 0 aromatic heterocycles. The summed E-state index contributed by atoms with van der Waals surface area (Å²) in [6.45, 7) is 0. The lowest BCUT2D eigenvalue weighted by atomic mass is 9.93. The number of carbonyl (C=O) groups excluding carboxylic acids is 2. The topological polar surface area (TPSA) is 37.4 Å². The molecule has 0 unspecified atom stereocenters. The van der Waals surface area contributed by atoms with Gasteiger partial charge < -0.3 is 4.90 Å². The van der Waals surface area contributed by atoms with Crippen LogP contribution in [0.3, 0.4) is 0 Å². The van der Waals surface area contributed by atoms with Gasteiger partial charge in [0.05, 0.1) is 0 Å². The standard InChI is InChI=1S/C14H15F2NO2/c1-17(12-2-4-13(18)5-3-12)14(19)9-6-10(15)8-11(16)7-9/h6-8,12H,2-5H2,1H3. The van der Waals surface area contributed by atoms with Crippen LogP contribution in [0.1, 0.15) is 36.0 Å². The molecule has 0 atom stereocenters. The van der Waals surface area contributed by atoms with Gasteiger partial charge in [-0.05, 0) is 25.0 Å². The minimum atomic E-state index is -0.768. The zero-order chi connectivity index (χ0) is 14.0. The first-order chi connectivity index (χ1) is 8.97. The molecule has 102 valence electrons. The van der Waals surface area contributed by atoms with Gasteiger partial charge in [0.15, 0.2) is 0 Å². The van der Waals surface area contributed by atoms with Crippen molar-refractivity contribution in [2.24, 2.45) is 0 Å². The van der Waals surface area contributed by atoms with Gasteiger partial charge >= 0.3 is 0 Å². The maximum Gasteiger partial charge on any atom is 0.254 e. The molecule has 19 heavy (non-hydrogen) atoms. The van der Waals surface area contributed by atoms with E-state index in [1.54, 1.807) is 7.05 Å². The zero-order valence-electron chi connectivity index (χ0n) is 10.7. The van der Waals surface area contributed by atoms with E-state index in [4.69, 9.17) is 0 Å². The molecule has 3 nitrogen and oxygen atoms in total. The molecule has 1 aliphatic rings. The van der Waals surface area contributed by atoms with Gasteiger partial charge in [-0.25, -0.2) is 8.78 Å². The van der Waals surface area contributed by atoms with Crippen molar-refractivity contribution >= 4 is 11.7 Å². The lowest BCUT2D eigenvalue weighted by molar-refractivity contribution is -0.121. The van der Waals surface area contributed by atoms with E-state index in [0.717, 1.165) is 18.2 Å². The van der Waals surface area contributed by atoms with Gasteiger partial charge in [0.25, 0.3) is 5.91 Å². The minimum Gasteiger partial charge on any atom is -0.339 e. The van der Waals surface area contributed by atoms with Gasteiger partial charge in [0, 0.05) is 37.6 Å². The van der Waals surface area contributed by atoms with E-state index >= 15 is 0 Å². The van der Waals surface area contributed by atoms with Crippen molar-refractivity contribution in [3.63, 3.8) is 0 Å². The molecular formula is C14H15F2NO2. The molecule has 0 aliphatic heterocycles. The second-order valence-corrected chi connectivity index (χ2v) is 4.84. The Labute approximate surface area is 110 Å². The van der Waals surface area contributed by atoms with Crippen LogP contribution in [0.4, 0.5) is 8.78 Å². The maximum absolute atomic E-state index is 13.1. The van der Waals surface area contributed by atoms with Crippen LogP contribution >= 0.6 is 0 Å². The molecule has 0 bridgehead atoms. The minimum absolute atomic E-state index is 0.00287. The number of benzene rings is 1. The van der Waals surface area contributed by atoms with E-state index in [9.17, 15) is 18.4 Å². The van der Waals surface area contributed by atoms with Gasteiger partial charge in [-0.15, -0.1) is 0 Å². The Morgan fingerprint density at radius 1 is 1.16 bits per heavy atom. The summed E-state index contributed by atoms with van der Waals surface area (Å²) in [6, 6.07) is 2.73. The quantitative estimate of drug-likeness (QED) is 0.825. The van der Waals surface area contributed by atoms with Gasteiger partial charge in [-0.3, -0.25) is 9.59 Å². The van der Waals surface area contributed by atoms with E-state index in [2.05, 4.69) is 0 Å². The van der Waals surface area contributed by atoms with Crippen molar-refractivity contribution in [3.05, 3.63) is 35.4 Å². The number of nitrogens with zero attached hydrogens (tertiary/aromatic N) is 1. The van der Waals surface area contributed by atoms with Crippen LogP contribution in [-0.2, 0) is 4.79 Å². The monoisotopic (exact) mass is 267 g/mol. The van der Waals surface area contributed by atoms with Crippen LogP contribution < -0.4 is 0 Å². The maximum atomic E-state index is 13.1. The predicted molar refractivity (Wildman–Crippen MR) is 65.7 cm³/mol. The third kappa shape index (κ3) is 3.16. The van der Waals surface area contributed by atoms with Crippen molar-refractivity contribution in [3.8, 4) is 0 Å². The smallest absolute Gasteiger partial charge is 0.254 e. The largest absolute Gasteiger partial charge is 0.339 e. The number of halogens is 2. The molecular weight excluding hydrogens is 252 g/mol. The van der Waals surface area contributed by atoms with Gasteiger partial charge in [0.1, 0.15) is 17.4 Å². The number of ketones is 1. The van der Waals surface area contributed by atoms with E-state index in [1.807, 2.05) is 0 Å². The van der Waals surface area contributed by atoms with Crippen LogP contribution in [0.15, 0.2) is 18.2 Å². The SMILES string of the molecule is CN(C(=O)c1cc(F)cc(F)c1)C1CCC(=O)CC1. The van der Waals surface area contributed by atoms with Crippen LogP contribution in [0.25, 0.3) is 0 Å². The fourth-order valence-corrected chi connectivity index (χ4v) is 2.36. The van der Waals surface area contributed by atoms with Gasteiger partial charge in [-0.1, -0.05) is 0 Å². The Bertz CT molecular complexity index is 486. The van der Waals surface area contributed by atoms with E-state index < -0.39 is 17.5 Å². The predicted octanol–water partition coefficient (Wildman–Crippen LogP) is 2.55. The van der Waals surface area contributed by atoms with E-state index in [-0.39, 0.29) is 17.4 Å². The summed E-state index contributed by atoms with van der Waals surface area (Å²) in [7, 11) is 1.60. The molecule has 1 aromatic carbocycles. The van der Waals surface area contributed by atoms with E-state index in [0.29, 0.717) is 25.7 Å². The van der Waals surface area contributed by atoms with Crippen LogP contribution in [-0.4, -0.2) is 29.7 Å². The van der Waals surface area contributed by atoms with Crippen LogP contribution in [0, 0.1) is 11.6 Å². The summed E-state index contributed by atoms with van der Waals surface area (Å²) in [4.78, 5) is 24.8. The third-order valence-corrected chi connectivity index (χ3v) is 3.49. The van der Waals surface area contributed by atoms with Crippen molar-refractivity contribution in [2.45, 2.75) is 31.7 Å². The Kier molecular flexibility index (Phi) is 3.93. The first kappa shape index (κ1) is 13.6. The average molecular weight is 267 g/mol. The third-order valence-electron chi connectivity index (χ3n) is 3.49. The van der Waals surface area contributed by atoms with Crippen molar-refractivity contribution in [2.75, 3.05) is 7.05 Å². The first-order valence-electron chi connectivity index (χ1n) is 6.22. The van der Waals surface area contributed by atoms with Crippen molar-refractivity contribution in [1.82, 2.24) is 4.90 Å². The highest BCUT2D eigenvalue weighted by Gasteiger charge is 2.26. The lowest BCUT2D eigenvalue weighted by Crippen LogP contribution is -2.39. The highest BCUT2D eigenvalue weighted by molar-refractivity contribution is 5.94. The fraction of sp³-hybridized carbons (Fsp3) is 0.429. The second-order valence-electron chi connectivity index (χ2n) is 4.84. The summed E-state index contributed by atoms with van der Waals surface area (Å²) in [5, 5.41) is 0. The molecule has 5 heteroatoms. The molecule has 1 amide bonds. The van der Waals surface area contributed by atoms with Crippen molar-refractivity contribution < 1.29 is 18.4 Å². The Hall–Kier alpha value is -1.78. The number of hydrogen-bond acceptors (Lipinski definition) is 2. The first-order valence-corrected chi connectivity index (χ1v) is 6.22. The molecule has 0 spiro atoms. The summed E-state index contributed by atoms with van der Waals surface area (Å²) >= 11 is 0. The lowest BCUT2D eigenvalue weighted by Gasteiger charge is -2.30. The molecule has 2 rings (SSSR count). The van der Waals surface area contributed by atoms with Gasteiger partial charge in [-0.2, -0.15) is 0 Å². The Morgan fingerprint density at radius 2 is 1.68 bits per heavy atom. The van der Waals surface area contributed by atoms with Crippen LogP contribution in [0.2, 0.25) is 0 Å². The summed E-state index contributed by atoms with van der Waals surface area (Å²) in [5.41, 5.74) is -0.00287. The Balaban J connectivity index is 2.12. The second kappa shape index (κ2) is 5.47. The van der Waals surface area contributed by atoms with Gasteiger partial charge in [0.2, 0.25) is 0 Å². The van der Waals surface area contributed by atoms with Crippen LogP contribution in [0.5, 0.6) is 0 Å². The number of hydrogen-bond donors (Lipinski definition) is 0. The fourth-order valence-electron chi connectivity index (χ4n) is 2.36. The number of Topliss-reactive ketones (excluding diaryl/α,β-unsaturated/α-hetero) is 1. The molecule has 1 aliphatic carbocycles. The number of carbonyl (C=O) groups is 2. The molecule has 1 fully saturated rings. The Morgan fingerprint density at radius 3 is 2.21 bits per heavy atom. The molecule has 0 N–H and O–H groups in total. The molecule has 1 aromatic rings. The normalized spacial score (nSPS) is 16.5. The zero-order valence-corrected chi connectivity index (χ0v) is 10.7.